The second kappa shape index (κ2) is 8.30. The lowest BCUT2D eigenvalue weighted by molar-refractivity contribution is -0.136. The first-order chi connectivity index (χ1) is 9.56. The van der Waals surface area contributed by atoms with Crippen molar-refractivity contribution in [1.82, 2.24) is 4.98 Å². The molecule has 1 rings (SSSR count). The fourth-order valence-electron chi connectivity index (χ4n) is 2.11. The molecule has 0 unspecified atom stereocenters. The topological polar surface area (TPSA) is 79.3 Å². The molecule has 0 aliphatic carbocycles. The molecule has 0 aliphatic rings. The van der Waals surface area contributed by atoms with Gasteiger partial charge < -0.3 is 10.4 Å². The Hall–Kier alpha value is -1.91. The molecule has 110 valence electrons. The van der Waals surface area contributed by atoms with E-state index in [-0.39, 0.29) is 18.2 Å². The van der Waals surface area contributed by atoms with Gasteiger partial charge in [0.2, 0.25) is 5.91 Å². The summed E-state index contributed by atoms with van der Waals surface area (Å²) in [6.45, 7) is 4.14. The van der Waals surface area contributed by atoms with Gasteiger partial charge in [0.1, 0.15) is 0 Å². The summed E-state index contributed by atoms with van der Waals surface area (Å²) in [4.78, 5) is 26.7. The number of carbonyl (C=O) groups is 2. The van der Waals surface area contributed by atoms with E-state index in [0.29, 0.717) is 11.4 Å². The Bertz CT molecular complexity index is 437. The van der Waals surface area contributed by atoms with E-state index in [1.165, 1.54) is 6.20 Å². The summed E-state index contributed by atoms with van der Waals surface area (Å²) in [6, 6.07) is 3.32. The van der Waals surface area contributed by atoms with Crippen molar-refractivity contribution in [2.24, 2.45) is 5.92 Å². The van der Waals surface area contributed by atoms with Crippen LogP contribution in [-0.2, 0) is 16.0 Å². The molecule has 0 atom stereocenters. The van der Waals surface area contributed by atoms with Crippen molar-refractivity contribution in [2.45, 2.75) is 46.0 Å². The number of amides is 1. The maximum Gasteiger partial charge on any atom is 0.309 e. The molecule has 5 nitrogen and oxygen atoms in total. The Balaban J connectivity index is 2.62. The van der Waals surface area contributed by atoms with Gasteiger partial charge >= 0.3 is 5.97 Å². The fraction of sp³-hybridized carbons (Fsp3) is 0.533. The molecule has 1 aromatic rings. The number of aromatic nitrogens is 1. The van der Waals surface area contributed by atoms with Gasteiger partial charge in [-0.05, 0) is 25.0 Å². The first kappa shape index (κ1) is 16.1. The third-order valence-corrected chi connectivity index (χ3v) is 3.07. The molecule has 1 amide bonds. The molecule has 5 heteroatoms. The lowest BCUT2D eigenvalue weighted by atomic mass is 9.97. The Labute approximate surface area is 119 Å². The van der Waals surface area contributed by atoms with Gasteiger partial charge in [-0.3, -0.25) is 14.6 Å². The summed E-state index contributed by atoms with van der Waals surface area (Å²) in [5.41, 5.74) is 1.09. The maximum absolute atomic E-state index is 12.1. The van der Waals surface area contributed by atoms with E-state index in [4.69, 9.17) is 5.11 Å². The van der Waals surface area contributed by atoms with Crippen LogP contribution in [0.15, 0.2) is 18.3 Å². The van der Waals surface area contributed by atoms with Crippen molar-refractivity contribution < 1.29 is 14.7 Å². The zero-order chi connectivity index (χ0) is 15.0. The van der Waals surface area contributed by atoms with Crippen LogP contribution < -0.4 is 5.32 Å². The van der Waals surface area contributed by atoms with Crippen LogP contribution in [0.5, 0.6) is 0 Å². The van der Waals surface area contributed by atoms with Crippen molar-refractivity contribution in [3.63, 3.8) is 0 Å². The number of carboxylic acids is 1. The predicted molar refractivity (Wildman–Crippen MR) is 77.5 cm³/mol. The Morgan fingerprint density at radius 1 is 1.25 bits per heavy atom. The summed E-state index contributed by atoms with van der Waals surface area (Å²) in [7, 11) is 0. The quantitative estimate of drug-likeness (QED) is 0.766. The lowest BCUT2D eigenvalue weighted by Gasteiger charge is -2.15. The number of carboxylic acid groups (broad SMARTS) is 1. The van der Waals surface area contributed by atoms with Crippen LogP contribution in [0.2, 0.25) is 0 Å². The molecular weight excluding hydrogens is 256 g/mol. The van der Waals surface area contributed by atoms with Crippen LogP contribution in [0.4, 0.5) is 5.69 Å². The zero-order valence-corrected chi connectivity index (χ0v) is 12.1. The van der Waals surface area contributed by atoms with Crippen LogP contribution in [0.25, 0.3) is 0 Å². The van der Waals surface area contributed by atoms with Crippen LogP contribution in [0.1, 0.15) is 45.2 Å². The monoisotopic (exact) mass is 278 g/mol. The molecule has 0 aliphatic heterocycles. The molecule has 2 N–H and O–H groups in total. The number of rotatable bonds is 8. The van der Waals surface area contributed by atoms with E-state index in [9.17, 15) is 9.59 Å². The minimum absolute atomic E-state index is 0.0153. The minimum Gasteiger partial charge on any atom is -0.481 e. The number of hydrogen-bond acceptors (Lipinski definition) is 3. The standard InChI is InChI=1S/C15H22N2O3/c1-3-5-11(6-4-2)15(20)17-13-8-7-12(16-10-13)9-14(18)19/h7-8,10-11H,3-6,9H2,1-2H3,(H,17,20)(H,18,19). The van der Waals surface area contributed by atoms with E-state index in [1.807, 2.05) is 0 Å². The number of carbonyl (C=O) groups excluding carboxylic acids is 1. The van der Waals surface area contributed by atoms with Crippen molar-refractivity contribution in [3.05, 3.63) is 24.0 Å². The highest BCUT2D eigenvalue weighted by molar-refractivity contribution is 5.92. The van der Waals surface area contributed by atoms with Crippen molar-refractivity contribution in [3.8, 4) is 0 Å². The Morgan fingerprint density at radius 3 is 2.35 bits per heavy atom. The average molecular weight is 278 g/mol. The molecule has 0 saturated carbocycles. The molecule has 20 heavy (non-hydrogen) atoms. The fourth-order valence-corrected chi connectivity index (χ4v) is 2.11. The highest BCUT2D eigenvalue weighted by atomic mass is 16.4. The number of aliphatic carboxylic acids is 1. The van der Waals surface area contributed by atoms with Gasteiger partial charge in [-0.15, -0.1) is 0 Å². The van der Waals surface area contributed by atoms with E-state index in [2.05, 4.69) is 24.1 Å². The first-order valence-electron chi connectivity index (χ1n) is 7.04. The molecule has 0 radical (unpaired) electrons. The van der Waals surface area contributed by atoms with E-state index in [1.54, 1.807) is 12.1 Å². The molecule has 1 aromatic heterocycles. The number of nitrogens with zero attached hydrogens (tertiary/aromatic N) is 1. The zero-order valence-electron chi connectivity index (χ0n) is 12.1. The smallest absolute Gasteiger partial charge is 0.309 e. The van der Waals surface area contributed by atoms with Gasteiger partial charge in [-0.1, -0.05) is 26.7 Å². The normalized spacial score (nSPS) is 10.6. The largest absolute Gasteiger partial charge is 0.481 e. The van der Waals surface area contributed by atoms with E-state index >= 15 is 0 Å². The Morgan fingerprint density at radius 2 is 1.90 bits per heavy atom. The number of hydrogen-bond donors (Lipinski definition) is 2. The van der Waals surface area contributed by atoms with Crippen LogP contribution in [0, 0.1) is 5.92 Å². The second-order valence-corrected chi connectivity index (χ2v) is 4.87. The summed E-state index contributed by atoms with van der Waals surface area (Å²) < 4.78 is 0. The minimum atomic E-state index is -0.916. The Kier molecular flexibility index (Phi) is 6.70. The van der Waals surface area contributed by atoms with Gasteiger partial charge in [0.15, 0.2) is 0 Å². The molecule has 0 bridgehead atoms. The van der Waals surface area contributed by atoms with Crippen molar-refractivity contribution >= 4 is 17.6 Å². The van der Waals surface area contributed by atoms with Crippen molar-refractivity contribution in [2.75, 3.05) is 5.32 Å². The van der Waals surface area contributed by atoms with E-state index in [0.717, 1.165) is 25.7 Å². The number of anilines is 1. The maximum atomic E-state index is 12.1. The summed E-state index contributed by atoms with van der Waals surface area (Å²) in [5.74, 6) is -0.870. The molecule has 0 spiro atoms. The van der Waals surface area contributed by atoms with E-state index < -0.39 is 5.97 Å². The van der Waals surface area contributed by atoms with Crippen LogP contribution >= 0.6 is 0 Å². The first-order valence-corrected chi connectivity index (χ1v) is 7.04. The second-order valence-electron chi connectivity index (χ2n) is 4.87. The van der Waals surface area contributed by atoms with Gasteiger partial charge in [0.05, 0.1) is 24.0 Å². The molecule has 0 saturated heterocycles. The van der Waals surface area contributed by atoms with Gasteiger partial charge in [-0.2, -0.15) is 0 Å². The van der Waals surface area contributed by atoms with Crippen LogP contribution in [-0.4, -0.2) is 22.0 Å². The lowest BCUT2D eigenvalue weighted by Crippen LogP contribution is -2.22. The highest BCUT2D eigenvalue weighted by Gasteiger charge is 2.16. The SMILES string of the molecule is CCCC(CCC)C(=O)Nc1ccc(CC(=O)O)nc1. The number of pyridine rings is 1. The molecule has 0 fully saturated rings. The summed E-state index contributed by atoms with van der Waals surface area (Å²) >= 11 is 0. The molecule has 0 aromatic carbocycles. The van der Waals surface area contributed by atoms with Gasteiger partial charge in [0.25, 0.3) is 0 Å². The van der Waals surface area contributed by atoms with Crippen LogP contribution in [0.3, 0.4) is 0 Å². The van der Waals surface area contributed by atoms with Gasteiger partial charge in [-0.25, -0.2) is 0 Å². The highest BCUT2D eigenvalue weighted by Crippen LogP contribution is 2.16. The number of nitrogens with one attached hydrogen (secondary N) is 1. The van der Waals surface area contributed by atoms with Gasteiger partial charge in [0, 0.05) is 5.92 Å². The third-order valence-electron chi connectivity index (χ3n) is 3.07. The predicted octanol–water partition coefficient (Wildman–Crippen LogP) is 2.86. The summed E-state index contributed by atoms with van der Waals surface area (Å²) in [6.07, 6.45) is 5.11. The average Bonchev–Trinajstić information content (AvgIpc) is 2.40. The molecule has 1 heterocycles. The molecular formula is C15H22N2O3. The third kappa shape index (κ3) is 5.38. The van der Waals surface area contributed by atoms with Crippen molar-refractivity contribution in [1.29, 1.82) is 0 Å². The summed E-state index contributed by atoms with van der Waals surface area (Å²) in [5, 5.41) is 11.5.